The fourth-order valence-electron chi connectivity index (χ4n) is 1.37. The molecule has 5 nitrogen and oxygen atoms in total. The van der Waals surface area contributed by atoms with E-state index in [0.29, 0.717) is 6.73 Å². The van der Waals surface area contributed by atoms with E-state index < -0.39 is 0 Å². The van der Waals surface area contributed by atoms with E-state index in [1.165, 1.54) is 0 Å². The van der Waals surface area contributed by atoms with Gasteiger partial charge in [-0.15, -0.1) is 5.53 Å². The van der Waals surface area contributed by atoms with Gasteiger partial charge in [0.25, 0.3) is 0 Å². The number of hydrogen-bond acceptors (Lipinski definition) is 5. The Labute approximate surface area is 87.9 Å². The maximum Gasteiger partial charge on any atom is 0.145 e. The van der Waals surface area contributed by atoms with Crippen LogP contribution in [0.1, 0.15) is 6.92 Å². The van der Waals surface area contributed by atoms with Gasteiger partial charge in [0, 0.05) is 12.8 Å². The number of allylic oxidation sites excluding steroid dienone is 1. The quantitative estimate of drug-likeness (QED) is 0.640. The molecule has 0 bridgehead atoms. The third-order valence-corrected chi connectivity index (χ3v) is 2.20. The Morgan fingerprint density at radius 3 is 3.07 bits per heavy atom. The molecule has 2 N–H and O–H groups in total. The monoisotopic (exact) mass is 212 g/mol. The van der Waals surface area contributed by atoms with Crippen LogP contribution < -0.4 is 10.9 Å². The van der Waals surface area contributed by atoms with E-state index in [0.717, 1.165) is 16.5 Å². The zero-order valence-corrected chi connectivity index (χ0v) is 8.89. The minimum atomic E-state index is 0.476. The van der Waals surface area contributed by atoms with Crippen LogP contribution in [0.15, 0.2) is 23.8 Å². The van der Waals surface area contributed by atoms with E-state index in [1.807, 2.05) is 19.2 Å². The lowest BCUT2D eigenvalue weighted by Gasteiger charge is -2.27. The lowest BCUT2D eigenvalue weighted by molar-refractivity contribution is 0.0428. The lowest BCUT2D eigenvalue weighted by atomic mass is 10.3. The van der Waals surface area contributed by atoms with Crippen molar-refractivity contribution in [1.29, 1.82) is 0 Å². The lowest BCUT2D eigenvalue weighted by Crippen LogP contribution is -2.47. The van der Waals surface area contributed by atoms with Crippen LogP contribution in [0.4, 0.5) is 0 Å². The average Bonchev–Trinajstić information content (AvgIpc) is 2.48. The molecule has 0 aromatic carbocycles. The van der Waals surface area contributed by atoms with Crippen LogP contribution in [0.3, 0.4) is 0 Å². The topological polar surface area (TPSA) is 39.8 Å². The summed E-state index contributed by atoms with van der Waals surface area (Å²) >= 11 is 5.20. The first-order valence-electron chi connectivity index (χ1n) is 4.24. The Morgan fingerprint density at radius 1 is 1.57 bits per heavy atom. The molecule has 0 aromatic rings. The van der Waals surface area contributed by atoms with Crippen LogP contribution in [-0.2, 0) is 4.74 Å². The molecular weight excluding hydrogens is 200 g/mol. The molecule has 0 radical (unpaired) electrons. The van der Waals surface area contributed by atoms with Crippen molar-refractivity contribution in [3.05, 3.63) is 23.8 Å². The molecule has 14 heavy (non-hydrogen) atoms. The first-order chi connectivity index (χ1) is 6.70. The number of ether oxygens (including phenoxy) is 1. The van der Waals surface area contributed by atoms with E-state index in [9.17, 15) is 0 Å². The van der Waals surface area contributed by atoms with Gasteiger partial charge in [0.05, 0.1) is 6.20 Å². The van der Waals surface area contributed by atoms with E-state index in [2.05, 4.69) is 10.9 Å². The van der Waals surface area contributed by atoms with Gasteiger partial charge >= 0.3 is 0 Å². The molecule has 0 saturated carbocycles. The molecule has 0 aliphatic carbocycles. The number of hydrazine groups is 2. The highest BCUT2D eigenvalue weighted by Crippen LogP contribution is 2.16. The molecule has 0 spiro atoms. The summed E-state index contributed by atoms with van der Waals surface area (Å²) in [4.78, 5) is 0.742. The molecule has 76 valence electrons. The van der Waals surface area contributed by atoms with Crippen LogP contribution in [0.25, 0.3) is 0 Å². The van der Waals surface area contributed by atoms with Crippen LogP contribution in [0, 0.1) is 0 Å². The second kappa shape index (κ2) is 3.56. The maximum absolute atomic E-state index is 5.20. The normalized spacial score (nSPS) is 20.3. The smallest absolute Gasteiger partial charge is 0.145 e. The predicted molar refractivity (Wildman–Crippen MR) is 56.3 cm³/mol. The molecule has 2 rings (SSSR count). The van der Waals surface area contributed by atoms with Gasteiger partial charge in [-0.05, 0) is 13.0 Å². The second-order valence-corrected chi connectivity index (χ2v) is 3.55. The van der Waals surface area contributed by atoms with E-state index in [1.54, 1.807) is 17.1 Å². The summed E-state index contributed by atoms with van der Waals surface area (Å²) in [5.74, 6) is 0.923. The Morgan fingerprint density at radius 2 is 2.36 bits per heavy atom. The molecule has 2 aliphatic heterocycles. The Balaban J connectivity index is 2.14. The minimum absolute atomic E-state index is 0.476. The third kappa shape index (κ3) is 1.59. The summed E-state index contributed by atoms with van der Waals surface area (Å²) in [7, 11) is 1.65. The molecule has 0 unspecified atom stereocenters. The fraction of sp³-hybridized carbons (Fsp3) is 0.375. The minimum Gasteiger partial charge on any atom is -0.363 e. The highest BCUT2D eigenvalue weighted by atomic mass is 32.1. The molecule has 2 heterocycles. The van der Waals surface area contributed by atoms with Crippen molar-refractivity contribution >= 4 is 17.2 Å². The van der Waals surface area contributed by atoms with E-state index >= 15 is 0 Å². The fourth-order valence-corrected chi connectivity index (χ4v) is 1.68. The van der Waals surface area contributed by atoms with Crippen molar-refractivity contribution in [3.8, 4) is 0 Å². The summed E-state index contributed by atoms with van der Waals surface area (Å²) in [5.41, 5.74) is 4.11. The van der Waals surface area contributed by atoms with Crippen molar-refractivity contribution in [3.63, 3.8) is 0 Å². The average molecular weight is 212 g/mol. The summed E-state index contributed by atoms with van der Waals surface area (Å²) < 4.78 is 5.00. The number of nitrogens with zero attached hydrogens (tertiary/aromatic N) is 2. The third-order valence-electron chi connectivity index (χ3n) is 1.90. The molecular formula is C8H12N4OS. The summed E-state index contributed by atoms with van der Waals surface area (Å²) in [6.45, 7) is 2.45. The number of fused-ring (bicyclic) bond motifs is 1. The van der Waals surface area contributed by atoms with Gasteiger partial charge in [0.15, 0.2) is 0 Å². The van der Waals surface area contributed by atoms with Gasteiger partial charge in [0.1, 0.15) is 17.5 Å². The molecule has 0 fully saturated rings. The van der Waals surface area contributed by atoms with E-state index in [-0.39, 0.29) is 0 Å². The van der Waals surface area contributed by atoms with Crippen LogP contribution in [-0.4, -0.2) is 28.8 Å². The first kappa shape index (κ1) is 9.45. The highest BCUT2D eigenvalue weighted by Gasteiger charge is 2.25. The van der Waals surface area contributed by atoms with Gasteiger partial charge in [-0.25, -0.2) is 5.01 Å². The zero-order valence-electron chi connectivity index (χ0n) is 8.07. The SMILES string of the molecule is COCN1C=C2NC(C)=CC(=S)N2N1. The van der Waals surface area contributed by atoms with E-state index in [4.69, 9.17) is 17.0 Å². The Hall–Kier alpha value is -1.11. The highest BCUT2D eigenvalue weighted by molar-refractivity contribution is 7.80. The molecule has 0 atom stereocenters. The molecule has 0 saturated heterocycles. The number of nitrogens with one attached hydrogen (secondary N) is 2. The summed E-state index contributed by atoms with van der Waals surface area (Å²) in [6.07, 6.45) is 3.81. The van der Waals surface area contributed by atoms with Crippen molar-refractivity contribution in [2.24, 2.45) is 0 Å². The van der Waals surface area contributed by atoms with Crippen LogP contribution in [0.5, 0.6) is 0 Å². The van der Waals surface area contributed by atoms with Crippen LogP contribution >= 0.6 is 12.2 Å². The molecule has 0 aromatic heterocycles. The van der Waals surface area contributed by atoms with Crippen molar-refractivity contribution in [2.75, 3.05) is 13.8 Å². The molecule has 0 amide bonds. The number of rotatable bonds is 2. The van der Waals surface area contributed by atoms with Gasteiger partial charge in [0.2, 0.25) is 0 Å². The maximum atomic E-state index is 5.20. The number of methoxy groups -OCH3 is 1. The first-order valence-corrected chi connectivity index (χ1v) is 4.64. The Bertz CT molecular complexity index is 325. The summed E-state index contributed by atoms with van der Waals surface area (Å²) in [6, 6.07) is 0. The summed E-state index contributed by atoms with van der Waals surface area (Å²) in [5, 5.41) is 6.80. The predicted octanol–water partition coefficient (Wildman–Crippen LogP) is 0.261. The number of thiocarbonyl (C=S) groups is 1. The van der Waals surface area contributed by atoms with Gasteiger partial charge < -0.3 is 10.1 Å². The van der Waals surface area contributed by atoms with Crippen LogP contribution in [0.2, 0.25) is 0 Å². The largest absolute Gasteiger partial charge is 0.363 e. The zero-order chi connectivity index (χ0) is 10.1. The van der Waals surface area contributed by atoms with Gasteiger partial charge in [-0.3, -0.25) is 5.01 Å². The van der Waals surface area contributed by atoms with Crippen molar-refractivity contribution in [1.82, 2.24) is 20.9 Å². The standard InChI is InChI=1S/C8H12N4OS/c1-6-3-8(14)12-7(9-6)4-11(10-12)5-13-2/h3-4,9-10H,5H2,1-2H3. The second-order valence-electron chi connectivity index (χ2n) is 3.13. The molecule has 2 aliphatic rings. The molecule has 6 heteroatoms. The number of hydrogen-bond donors (Lipinski definition) is 2. The Kier molecular flexibility index (Phi) is 2.40. The van der Waals surface area contributed by atoms with Crippen molar-refractivity contribution in [2.45, 2.75) is 6.92 Å². The van der Waals surface area contributed by atoms with Gasteiger partial charge in [-0.1, -0.05) is 12.2 Å². The van der Waals surface area contributed by atoms with Crippen molar-refractivity contribution < 1.29 is 4.74 Å². The van der Waals surface area contributed by atoms with Gasteiger partial charge in [-0.2, -0.15) is 0 Å².